The topological polar surface area (TPSA) is 29.1 Å². The maximum absolute atomic E-state index is 11.7. The van der Waals surface area contributed by atoms with Gasteiger partial charge >= 0.3 is 0 Å². The molecule has 86 valence electrons. The average molecular weight is 230 g/mol. The molecule has 2 rings (SSSR count). The Hall–Kier alpha value is -0.240. The minimum absolute atomic E-state index is 0.0503. The average Bonchev–Trinajstić information content (AvgIpc) is 2.74. The monoisotopic (exact) mass is 229 g/mol. The van der Waals surface area contributed by atoms with Crippen LogP contribution in [0.15, 0.2) is 0 Å². The fraction of sp³-hybridized carbons (Fsp3) is 0.917. The number of carbonyl (C=O) groups excluding carboxylic acids is 1. The minimum atomic E-state index is -0.0503. The summed E-state index contributed by atoms with van der Waals surface area (Å²) >= 11 is 5.68. The lowest BCUT2D eigenvalue weighted by atomic mass is 9.63. The van der Waals surface area contributed by atoms with Gasteiger partial charge in [0.25, 0.3) is 0 Å². The molecule has 2 fully saturated rings. The van der Waals surface area contributed by atoms with E-state index in [0.29, 0.717) is 17.3 Å². The Morgan fingerprint density at radius 3 is 2.60 bits per heavy atom. The zero-order chi connectivity index (χ0) is 10.9. The van der Waals surface area contributed by atoms with Crippen molar-refractivity contribution in [2.24, 2.45) is 11.3 Å². The molecule has 2 atom stereocenters. The van der Waals surface area contributed by atoms with E-state index in [0.717, 1.165) is 0 Å². The van der Waals surface area contributed by atoms with Crippen LogP contribution >= 0.6 is 11.6 Å². The molecule has 0 aromatic rings. The van der Waals surface area contributed by atoms with Gasteiger partial charge < -0.3 is 5.32 Å². The van der Waals surface area contributed by atoms with Crippen molar-refractivity contribution < 1.29 is 4.79 Å². The van der Waals surface area contributed by atoms with Gasteiger partial charge in [-0.1, -0.05) is 19.8 Å². The number of amides is 1. The van der Waals surface area contributed by atoms with E-state index in [1.54, 1.807) is 0 Å². The van der Waals surface area contributed by atoms with Crippen molar-refractivity contribution in [2.75, 3.05) is 5.88 Å². The molecule has 0 saturated heterocycles. The standard InChI is InChI=1S/C12H20ClNO/c1-9(8-13)11(15)14-10-4-7-12(10)5-2-3-6-12/h9-10H,2-8H2,1H3,(H,14,15). The first-order valence-corrected chi connectivity index (χ1v) is 6.58. The highest BCUT2D eigenvalue weighted by atomic mass is 35.5. The molecule has 15 heavy (non-hydrogen) atoms. The first-order valence-electron chi connectivity index (χ1n) is 6.04. The first kappa shape index (κ1) is 11.3. The Balaban J connectivity index is 1.87. The van der Waals surface area contributed by atoms with Crippen LogP contribution in [0.4, 0.5) is 0 Å². The molecule has 2 unspecified atom stereocenters. The van der Waals surface area contributed by atoms with E-state index in [1.165, 1.54) is 38.5 Å². The summed E-state index contributed by atoms with van der Waals surface area (Å²) < 4.78 is 0. The van der Waals surface area contributed by atoms with E-state index in [2.05, 4.69) is 5.32 Å². The van der Waals surface area contributed by atoms with E-state index < -0.39 is 0 Å². The molecule has 0 radical (unpaired) electrons. The molecule has 0 aromatic carbocycles. The van der Waals surface area contributed by atoms with Crippen LogP contribution in [0.5, 0.6) is 0 Å². The number of alkyl halides is 1. The van der Waals surface area contributed by atoms with Crippen LogP contribution in [0.1, 0.15) is 45.4 Å². The molecule has 0 bridgehead atoms. The normalized spacial score (nSPS) is 29.9. The van der Waals surface area contributed by atoms with Crippen LogP contribution in [0, 0.1) is 11.3 Å². The number of hydrogen-bond acceptors (Lipinski definition) is 1. The smallest absolute Gasteiger partial charge is 0.224 e. The lowest BCUT2D eigenvalue weighted by Gasteiger charge is -2.48. The van der Waals surface area contributed by atoms with Crippen LogP contribution < -0.4 is 5.32 Å². The second-order valence-electron chi connectivity index (χ2n) is 5.22. The zero-order valence-electron chi connectivity index (χ0n) is 9.39. The number of halogens is 1. The van der Waals surface area contributed by atoms with Crippen molar-refractivity contribution in [1.82, 2.24) is 5.32 Å². The third-order valence-corrected chi connectivity index (χ3v) is 4.73. The van der Waals surface area contributed by atoms with Gasteiger partial charge in [-0.25, -0.2) is 0 Å². The largest absolute Gasteiger partial charge is 0.353 e. The Morgan fingerprint density at radius 1 is 1.47 bits per heavy atom. The highest BCUT2D eigenvalue weighted by Gasteiger charge is 2.48. The van der Waals surface area contributed by atoms with Gasteiger partial charge in [0.2, 0.25) is 5.91 Å². The van der Waals surface area contributed by atoms with Crippen LogP contribution in [-0.4, -0.2) is 17.8 Å². The van der Waals surface area contributed by atoms with E-state index in [-0.39, 0.29) is 11.8 Å². The van der Waals surface area contributed by atoms with Crippen molar-refractivity contribution in [1.29, 1.82) is 0 Å². The van der Waals surface area contributed by atoms with Gasteiger partial charge in [-0.15, -0.1) is 11.6 Å². The van der Waals surface area contributed by atoms with Crippen molar-refractivity contribution >= 4 is 17.5 Å². The quantitative estimate of drug-likeness (QED) is 0.741. The Morgan fingerprint density at radius 2 is 2.13 bits per heavy atom. The zero-order valence-corrected chi connectivity index (χ0v) is 10.1. The number of nitrogens with one attached hydrogen (secondary N) is 1. The summed E-state index contributed by atoms with van der Waals surface area (Å²) in [7, 11) is 0. The third kappa shape index (κ3) is 2.01. The predicted molar refractivity (Wildman–Crippen MR) is 61.9 cm³/mol. The predicted octanol–water partition coefficient (Wildman–Crippen LogP) is 2.70. The van der Waals surface area contributed by atoms with Gasteiger partial charge in [-0.05, 0) is 31.1 Å². The van der Waals surface area contributed by atoms with Gasteiger partial charge in [0.1, 0.15) is 0 Å². The minimum Gasteiger partial charge on any atom is -0.353 e. The van der Waals surface area contributed by atoms with E-state index in [4.69, 9.17) is 11.6 Å². The molecule has 2 nitrogen and oxygen atoms in total. The molecule has 1 amide bonds. The second-order valence-corrected chi connectivity index (χ2v) is 5.53. The van der Waals surface area contributed by atoms with Gasteiger partial charge in [0.05, 0.1) is 0 Å². The SMILES string of the molecule is CC(CCl)C(=O)NC1CCC12CCCC2. The molecule has 1 spiro atoms. The van der Waals surface area contributed by atoms with Crippen molar-refractivity contribution in [2.45, 2.75) is 51.5 Å². The molecule has 0 heterocycles. The fourth-order valence-corrected chi connectivity index (χ4v) is 3.12. The summed E-state index contributed by atoms with van der Waals surface area (Å²) in [6, 6.07) is 0.443. The molecule has 1 N–H and O–H groups in total. The highest BCUT2D eigenvalue weighted by Crippen LogP contribution is 2.53. The van der Waals surface area contributed by atoms with Crippen molar-refractivity contribution in [3.05, 3.63) is 0 Å². The summed E-state index contributed by atoms with van der Waals surface area (Å²) in [5, 5.41) is 3.18. The van der Waals surface area contributed by atoms with E-state index in [1.807, 2.05) is 6.92 Å². The van der Waals surface area contributed by atoms with Crippen LogP contribution in [0.25, 0.3) is 0 Å². The van der Waals surface area contributed by atoms with Gasteiger partial charge in [0.15, 0.2) is 0 Å². The molecule has 0 aliphatic heterocycles. The number of rotatable bonds is 3. The second kappa shape index (κ2) is 4.32. The molecular weight excluding hydrogens is 210 g/mol. The molecule has 3 heteroatoms. The lowest BCUT2D eigenvalue weighted by molar-refractivity contribution is -0.127. The van der Waals surface area contributed by atoms with Crippen LogP contribution in [0.3, 0.4) is 0 Å². The molecule has 2 aliphatic carbocycles. The van der Waals surface area contributed by atoms with Gasteiger partial charge in [0, 0.05) is 17.8 Å². The molecule has 0 aromatic heterocycles. The summed E-state index contributed by atoms with van der Waals surface area (Å²) in [4.78, 5) is 11.7. The maximum Gasteiger partial charge on any atom is 0.224 e. The van der Waals surface area contributed by atoms with E-state index >= 15 is 0 Å². The first-order chi connectivity index (χ1) is 7.18. The summed E-state index contributed by atoms with van der Waals surface area (Å²) in [5.41, 5.74) is 0.474. The highest BCUT2D eigenvalue weighted by molar-refractivity contribution is 6.19. The van der Waals surface area contributed by atoms with Gasteiger partial charge in [-0.3, -0.25) is 4.79 Å². The molecular formula is C12H20ClNO. The van der Waals surface area contributed by atoms with Crippen molar-refractivity contribution in [3.63, 3.8) is 0 Å². The molecule has 2 aliphatic rings. The summed E-state index contributed by atoms with van der Waals surface area (Å²) in [6.07, 6.45) is 7.79. The van der Waals surface area contributed by atoms with Gasteiger partial charge in [-0.2, -0.15) is 0 Å². The lowest BCUT2D eigenvalue weighted by Crippen LogP contribution is -2.55. The Labute approximate surface area is 96.8 Å². The summed E-state index contributed by atoms with van der Waals surface area (Å²) in [6.45, 7) is 1.89. The van der Waals surface area contributed by atoms with E-state index in [9.17, 15) is 4.79 Å². The fourth-order valence-electron chi connectivity index (χ4n) is 2.98. The summed E-state index contributed by atoms with van der Waals surface area (Å²) in [5.74, 6) is 0.512. The van der Waals surface area contributed by atoms with Crippen LogP contribution in [0.2, 0.25) is 0 Å². The number of hydrogen-bond donors (Lipinski definition) is 1. The molecule has 2 saturated carbocycles. The Bertz CT molecular complexity index is 248. The maximum atomic E-state index is 11.7. The van der Waals surface area contributed by atoms with Crippen LogP contribution in [-0.2, 0) is 4.79 Å². The Kier molecular flexibility index (Phi) is 3.24. The van der Waals surface area contributed by atoms with Crippen molar-refractivity contribution in [3.8, 4) is 0 Å². The number of carbonyl (C=O) groups is 1. The third-order valence-electron chi connectivity index (χ3n) is 4.26.